The fourth-order valence-electron chi connectivity index (χ4n) is 3.14. The van der Waals surface area contributed by atoms with E-state index in [4.69, 9.17) is 0 Å². The molecule has 118 valence electrons. The van der Waals surface area contributed by atoms with Crippen LogP contribution in [-0.4, -0.2) is 42.4 Å². The summed E-state index contributed by atoms with van der Waals surface area (Å²) in [6, 6.07) is 11.4. The summed E-state index contributed by atoms with van der Waals surface area (Å²) in [6.45, 7) is -0.605. The molecule has 0 bridgehead atoms. The monoisotopic (exact) mass is 307 g/mol. The van der Waals surface area contributed by atoms with Gasteiger partial charge in [-0.05, 0) is 29.9 Å². The average molecular weight is 307 g/mol. The number of halogens is 2. The van der Waals surface area contributed by atoms with Crippen molar-refractivity contribution in [2.24, 2.45) is 0 Å². The van der Waals surface area contributed by atoms with E-state index in [1.165, 1.54) is 0 Å². The van der Waals surface area contributed by atoms with Crippen molar-refractivity contribution in [1.82, 2.24) is 4.90 Å². The molecule has 3 nitrogen and oxygen atoms in total. The normalized spacial score (nSPS) is 19.3. The highest BCUT2D eigenvalue weighted by Crippen LogP contribution is 2.28. The Hall–Kier alpha value is -1.72. The SMILES string of the molecule is Oc1cccc2cccc(CCN3CC[C@@H](OC(F)F)C3)c12. The molecule has 1 aliphatic heterocycles. The topological polar surface area (TPSA) is 32.7 Å². The zero-order chi connectivity index (χ0) is 15.5. The van der Waals surface area contributed by atoms with Crippen molar-refractivity contribution in [3.05, 3.63) is 42.0 Å². The molecule has 5 heteroatoms. The number of rotatable bonds is 5. The quantitative estimate of drug-likeness (QED) is 0.919. The molecule has 3 rings (SSSR count). The van der Waals surface area contributed by atoms with Gasteiger partial charge in [0.2, 0.25) is 0 Å². The van der Waals surface area contributed by atoms with Crippen molar-refractivity contribution in [3.63, 3.8) is 0 Å². The van der Waals surface area contributed by atoms with Crippen LogP contribution in [0, 0.1) is 0 Å². The number of phenols is 1. The third-order valence-electron chi connectivity index (χ3n) is 4.19. The van der Waals surface area contributed by atoms with Gasteiger partial charge >= 0.3 is 6.61 Å². The third kappa shape index (κ3) is 3.36. The molecule has 1 fully saturated rings. The van der Waals surface area contributed by atoms with E-state index in [-0.39, 0.29) is 11.9 Å². The van der Waals surface area contributed by atoms with Crippen molar-refractivity contribution in [1.29, 1.82) is 0 Å². The molecule has 1 N–H and O–H groups in total. The Labute approximate surface area is 128 Å². The highest BCUT2D eigenvalue weighted by atomic mass is 19.3. The number of ether oxygens (including phenoxy) is 1. The lowest BCUT2D eigenvalue weighted by atomic mass is 10.0. The maximum Gasteiger partial charge on any atom is 0.345 e. The van der Waals surface area contributed by atoms with E-state index in [1.54, 1.807) is 6.07 Å². The Morgan fingerprint density at radius 3 is 2.77 bits per heavy atom. The van der Waals surface area contributed by atoms with Gasteiger partial charge in [-0.15, -0.1) is 0 Å². The second kappa shape index (κ2) is 6.58. The van der Waals surface area contributed by atoms with Crippen LogP contribution in [-0.2, 0) is 11.2 Å². The van der Waals surface area contributed by atoms with Crippen LogP contribution in [0.1, 0.15) is 12.0 Å². The molecule has 0 aliphatic carbocycles. The summed E-state index contributed by atoms with van der Waals surface area (Å²) in [5.41, 5.74) is 1.08. The minimum Gasteiger partial charge on any atom is -0.507 e. The van der Waals surface area contributed by atoms with Gasteiger partial charge in [0.05, 0.1) is 6.10 Å². The zero-order valence-corrected chi connectivity index (χ0v) is 12.2. The largest absolute Gasteiger partial charge is 0.507 e. The van der Waals surface area contributed by atoms with Gasteiger partial charge in [-0.25, -0.2) is 0 Å². The van der Waals surface area contributed by atoms with Gasteiger partial charge in [0.15, 0.2) is 0 Å². The van der Waals surface area contributed by atoms with Gasteiger partial charge in [-0.2, -0.15) is 8.78 Å². The van der Waals surface area contributed by atoms with Crippen molar-refractivity contribution in [2.45, 2.75) is 25.6 Å². The van der Waals surface area contributed by atoms with Crippen LogP contribution in [0.15, 0.2) is 36.4 Å². The maximum absolute atomic E-state index is 12.2. The second-order valence-electron chi connectivity index (χ2n) is 5.65. The van der Waals surface area contributed by atoms with Crippen LogP contribution in [0.5, 0.6) is 5.75 Å². The van der Waals surface area contributed by atoms with Crippen molar-refractivity contribution < 1.29 is 18.6 Å². The van der Waals surface area contributed by atoms with E-state index in [0.29, 0.717) is 13.0 Å². The van der Waals surface area contributed by atoms with Gasteiger partial charge in [0.1, 0.15) is 5.75 Å². The molecular formula is C17H19F2NO2. The van der Waals surface area contributed by atoms with E-state index in [1.807, 2.05) is 30.3 Å². The van der Waals surface area contributed by atoms with Gasteiger partial charge in [0, 0.05) is 25.0 Å². The molecule has 0 unspecified atom stereocenters. The highest BCUT2D eigenvalue weighted by molar-refractivity contribution is 5.91. The molecule has 1 saturated heterocycles. The fraction of sp³-hybridized carbons (Fsp3) is 0.412. The van der Waals surface area contributed by atoms with E-state index in [9.17, 15) is 13.9 Å². The summed E-state index contributed by atoms with van der Waals surface area (Å²) < 4.78 is 29.0. The molecule has 1 atom stereocenters. The number of fused-ring (bicyclic) bond motifs is 1. The Bertz CT molecular complexity index is 642. The second-order valence-corrected chi connectivity index (χ2v) is 5.65. The molecule has 0 spiro atoms. The molecular weight excluding hydrogens is 288 g/mol. The summed E-state index contributed by atoms with van der Waals surface area (Å²) in [7, 11) is 0. The van der Waals surface area contributed by atoms with Crippen molar-refractivity contribution in [2.75, 3.05) is 19.6 Å². The van der Waals surface area contributed by atoms with Crippen molar-refractivity contribution >= 4 is 10.8 Å². The van der Waals surface area contributed by atoms with Crippen LogP contribution in [0.25, 0.3) is 10.8 Å². The number of hydrogen-bond donors (Lipinski definition) is 1. The van der Waals surface area contributed by atoms with E-state index < -0.39 is 6.61 Å². The Morgan fingerprint density at radius 1 is 1.23 bits per heavy atom. The first-order valence-corrected chi connectivity index (χ1v) is 7.49. The molecule has 0 amide bonds. The third-order valence-corrected chi connectivity index (χ3v) is 4.19. The lowest BCUT2D eigenvalue weighted by molar-refractivity contribution is -0.158. The summed E-state index contributed by atoms with van der Waals surface area (Å²) in [6.07, 6.45) is 1.04. The average Bonchev–Trinajstić information content (AvgIpc) is 2.92. The molecule has 1 heterocycles. The summed E-state index contributed by atoms with van der Waals surface area (Å²) >= 11 is 0. The van der Waals surface area contributed by atoms with Gasteiger partial charge in [-0.1, -0.05) is 30.3 Å². The molecule has 22 heavy (non-hydrogen) atoms. The number of nitrogens with zero attached hydrogens (tertiary/aromatic N) is 1. The molecule has 0 aromatic heterocycles. The lowest BCUT2D eigenvalue weighted by Crippen LogP contribution is -2.26. The fourth-order valence-corrected chi connectivity index (χ4v) is 3.14. The van der Waals surface area contributed by atoms with Crippen LogP contribution < -0.4 is 0 Å². The molecule has 0 saturated carbocycles. The number of alkyl halides is 2. The minimum atomic E-state index is -2.69. The number of benzene rings is 2. The Morgan fingerprint density at radius 2 is 2.00 bits per heavy atom. The van der Waals surface area contributed by atoms with E-state index >= 15 is 0 Å². The van der Waals surface area contributed by atoms with Gasteiger partial charge in [0.25, 0.3) is 0 Å². The highest BCUT2D eigenvalue weighted by Gasteiger charge is 2.25. The van der Waals surface area contributed by atoms with Crippen LogP contribution in [0.4, 0.5) is 8.78 Å². The van der Waals surface area contributed by atoms with Crippen LogP contribution >= 0.6 is 0 Å². The molecule has 0 radical (unpaired) electrons. The number of aromatic hydroxyl groups is 1. The molecule has 2 aromatic rings. The van der Waals surface area contributed by atoms with Crippen molar-refractivity contribution in [3.8, 4) is 5.75 Å². The first-order chi connectivity index (χ1) is 10.6. The maximum atomic E-state index is 12.2. The summed E-state index contributed by atoms with van der Waals surface area (Å²) in [5.74, 6) is 0.286. The van der Waals surface area contributed by atoms with Gasteiger partial charge < -0.3 is 14.7 Å². The number of likely N-dealkylation sites (tertiary alicyclic amines) is 1. The van der Waals surface area contributed by atoms with Gasteiger partial charge in [-0.3, -0.25) is 0 Å². The first-order valence-electron chi connectivity index (χ1n) is 7.49. The minimum absolute atomic E-state index is 0.286. The lowest BCUT2D eigenvalue weighted by Gasteiger charge is -2.17. The standard InChI is InChI=1S/C17H19F2NO2/c18-17(19)22-14-8-10-20(11-14)9-7-13-4-1-3-12-5-2-6-15(21)16(12)13/h1-6,14,17,21H,7-11H2/t14-/m1/s1. The predicted molar refractivity (Wildman–Crippen MR) is 81.3 cm³/mol. The summed E-state index contributed by atoms with van der Waals surface area (Å²) in [4.78, 5) is 2.13. The molecule has 1 aliphatic rings. The van der Waals surface area contributed by atoms with Crippen LogP contribution in [0.3, 0.4) is 0 Å². The Balaban J connectivity index is 1.65. The van der Waals surface area contributed by atoms with Crippen LogP contribution in [0.2, 0.25) is 0 Å². The Kier molecular flexibility index (Phi) is 4.55. The molecule has 2 aromatic carbocycles. The van der Waals surface area contributed by atoms with E-state index in [0.717, 1.165) is 35.8 Å². The predicted octanol–water partition coefficient (Wildman–Crippen LogP) is 3.40. The first kappa shape index (κ1) is 15.2. The number of phenolic OH excluding ortho intramolecular Hbond substituents is 1. The number of hydrogen-bond acceptors (Lipinski definition) is 3. The van der Waals surface area contributed by atoms with E-state index in [2.05, 4.69) is 9.64 Å². The smallest absolute Gasteiger partial charge is 0.345 e. The zero-order valence-electron chi connectivity index (χ0n) is 12.2. The summed E-state index contributed by atoms with van der Waals surface area (Å²) in [5, 5.41) is 12.0.